The van der Waals surface area contributed by atoms with E-state index in [-0.39, 0.29) is 17.2 Å². The summed E-state index contributed by atoms with van der Waals surface area (Å²) >= 11 is 1.38. The van der Waals surface area contributed by atoms with E-state index >= 15 is 0 Å². The maximum atomic E-state index is 13.3. The average molecular weight is 437 g/mol. The van der Waals surface area contributed by atoms with Gasteiger partial charge in [0.15, 0.2) is 5.13 Å². The number of hydrogen-bond acceptors (Lipinski definition) is 7. The Morgan fingerprint density at radius 3 is 2.90 bits per heavy atom. The van der Waals surface area contributed by atoms with Crippen molar-refractivity contribution in [3.63, 3.8) is 0 Å². The van der Waals surface area contributed by atoms with E-state index in [2.05, 4.69) is 9.97 Å². The van der Waals surface area contributed by atoms with Crippen molar-refractivity contribution in [3.8, 4) is 5.75 Å². The first-order valence-electron chi connectivity index (χ1n) is 9.52. The normalized spacial score (nSPS) is 10.9. The first-order valence-corrected chi connectivity index (χ1v) is 10.3. The van der Waals surface area contributed by atoms with Gasteiger partial charge in [0.25, 0.3) is 11.6 Å². The topological polar surface area (TPSA) is 103 Å². The number of anilines is 1. The number of amides is 1. The van der Waals surface area contributed by atoms with Gasteiger partial charge in [-0.25, -0.2) is 9.97 Å². The summed E-state index contributed by atoms with van der Waals surface area (Å²) in [4.78, 5) is 34.2. The van der Waals surface area contributed by atoms with Crippen LogP contribution in [-0.2, 0) is 6.54 Å². The van der Waals surface area contributed by atoms with Crippen molar-refractivity contribution in [2.75, 3.05) is 18.6 Å². The van der Waals surface area contributed by atoms with Gasteiger partial charge in [0, 0.05) is 43.2 Å². The molecule has 0 unspecified atom stereocenters. The van der Waals surface area contributed by atoms with E-state index in [9.17, 15) is 14.9 Å². The van der Waals surface area contributed by atoms with Gasteiger partial charge in [-0.15, -0.1) is 0 Å². The number of nitrogens with zero attached hydrogens (tertiary/aromatic N) is 5. The van der Waals surface area contributed by atoms with Crippen molar-refractivity contribution < 1.29 is 14.5 Å². The molecule has 31 heavy (non-hydrogen) atoms. The summed E-state index contributed by atoms with van der Waals surface area (Å²) in [5.41, 5.74) is 0.874. The summed E-state index contributed by atoms with van der Waals surface area (Å²) in [6.07, 6.45) is 5.94. The monoisotopic (exact) mass is 437 g/mol. The predicted molar refractivity (Wildman–Crippen MR) is 118 cm³/mol. The molecule has 0 saturated carbocycles. The second-order valence-electron chi connectivity index (χ2n) is 6.75. The van der Waals surface area contributed by atoms with Gasteiger partial charge in [-0.2, -0.15) is 0 Å². The third kappa shape index (κ3) is 4.53. The zero-order valence-electron chi connectivity index (χ0n) is 16.7. The lowest BCUT2D eigenvalue weighted by molar-refractivity contribution is -0.384. The lowest BCUT2D eigenvalue weighted by atomic mass is 10.1. The number of non-ortho nitro benzene ring substituents is 1. The number of carbonyl (C=O) groups excluding carboxylic acids is 1. The number of ether oxygens (including phenoxy) is 1. The molecule has 0 aliphatic carbocycles. The molecule has 0 fully saturated rings. The fraction of sp³-hybridized carbons (Fsp3) is 0.190. The summed E-state index contributed by atoms with van der Waals surface area (Å²) in [6.45, 7) is 1.08. The van der Waals surface area contributed by atoms with Gasteiger partial charge in [-0.1, -0.05) is 17.4 Å². The van der Waals surface area contributed by atoms with Crippen LogP contribution in [-0.4, -0.2) is 39.0 Å². The summed E-state index contributed by atoms with van der Waals surface area (Å²) in [7, 11) is 1.59. The molecular formula is C21H19N5O4S. The number of rotatable bonds is 8. The highest BCUT2D eigenvalue weighted by Gasteiger charge is 2.23. The van der Waals surface area contributed by atoms with E-state index in [1.54, 1.807) is 30.6 Å². The molecule has 0 atom stereocenters. The van der Waals surface area contributed by atoms with Gasteiger partial charge in [0.05, 0.1) is 28.6 Å². The zero-order chi connectivity index (χ0) is 21.8. The van der Waals surface area contributed by atoms with Crippen LogP contribution in [0.1, 0.15) is 16.8 Å². The third-order valence-corrected chi connectivity index (χ3v) is 5.76. The van der Waals surface area contributed by atoms with Crippen LogP contribution in [0.25, 0.3) is 10.2 Å². The van der Waals surface area contributed by atoms with Crippen LogP contribution >= 0.6 is 11.3 Å². The van der Waals surface area contributed by atoms with Crippen LogP contribution < -0.4 is 9.64 Å². The molecular weight excluding hydrogens is 418 g/mol. The van der Waals surface area contributed by atoms with Gasteiger partial charge >= 0.3 is 0 Å². The Morgan fingerprint density at radius 2 is 2.16 bits per heavy atom. The predicted octanol–water partition coefficient (Wildman–Crippen LogP) is 4.15. The molecule has 0 saturated heterocycles. The molecule has 0 aliphatic rings. The van der Waals surface area contributed by atoms with Crippen LogP contribution in [0.15, 0.2) is 61.2 Å². The molecule has 2 heterocycles. The van der Waals surface area contributed by atoms with Crippen LogP contribution in [0.4, 0.5) is 10.8 Å². The average Bonchev–Trinajstić information content (AvgIpc) is 3.45. The fourth-order valence-electron chi connectivity index (χ4n) is 3.16. The van der Waals surface area contributed by atoms with Crippen molar-refractivity contribution in [2.45, 2.75) is 13.0 Å². The molecule has 0 radical (unpaired) electrons. The number of hydrogen-bond donors (Lipinski definition) is 0. The Bertz CT molecular complexity index is 1220. The van der Waals surface area contributed by atoms with Gasteiger partial charge in [0.1, 0.15) is 5.75 Å². The Balaban J connectivity index is 1.65. The molecule has 1 amide bonds. The number of aromatic nitrogens is 3. The summed E-state index contributed by atoms with van der Waals surface area (Å²) in [5.74, 6) is 0.375. The van der Waals surface area contributed by atoms with E-state index in [0.717, 1.165) is 10.2 Å². The molecule has 2 aromatic heterocycles. The first kappa shape index (κ1) is 20.5. The molecule has 0 spiro atoms. The number of methoxy groups -OCH3 is 1. The first-order chi connectivity index (χ1) is 15.0. The Morgan fingerprint density at radius 1 is 1.29 bits per heavy atom. The van der Waals surface area contributed by atoms with Crippen molar-refractivity contribution >= 4 is 38.3 Å². The minimum atomic E-state index is -0.510. The van der Waals surface area contributed by atoms with Crippen LogP contribution in [0.2, 0.25) is 0 Å². The quantitative estimate of drug-likeness (QED) is 0.303. The molecule has 9 nitrogen and oxygen atoms in total. The van der Waals surface area contributed by atoms with Crippen molar-refractivity contribution in [1.29, 1.82) is 0 Å². The molecule has 0 aliphatic heterocycles. The number of nitro groups is 1. The minimum Gasteiger partial charge on any atom is -0.497 e. The van der Waals surface area contributed by atoms with Crippen LogP contribution in [0.3, 0.4) is 0 Å². The van der Waals surface area contributed by atoms with Gasteiger partial charge in [-0.05, 0) is 30.7 Å². The van der Waals surface area contributed by atoms with Crippen LogP contribution in [0.5, 0.6) is 5.75 Å². The molecule has 2 aromatic carbocycles. The maximum absolute atomic E-state index is 13.3. The van der Waals surface area contributed by atoms with Crippen molar-refractivity contribution in [2.24, 2.45) is 0 Å². The summed E-state index contributed by atoms with van der Waals surface area (Å²) < 4.78 is 8.10. The van der Waals surface area contributed by atoms with Crippen molar-refractivity contribution in [1.82, 2.24) is 14.5 Å². The number of benzene rings is 2. The van der Waals surface area contributed by atoms with E-state index in [1.165, 1.54) is 29.5 Å². The smallest absolute Gasteiger partial charge is 0.270 e. The maximum Gasteiger partial charge on any atom is 0.270 e. The Labute approximate surface area is 181 Å². The highest BCUT2D eigenvalue weighted by Crippen LogP contribution is 2.32. The van der Waals surface area contributed by atoms with E-state index in [4.69, 9.17) is 4.74 Å². The van der Waals surface area contributed by atoms with Crippen molar-refractivity contribution in [3.05, 3.63) is 76.9 Å². The highest BCUT2D eigenvalue weighted by molar-refractivity contribution is 7.22. The van der Waals surface area contributed by atoms with E-state index in [1.807, 2.05) is 29.0 Å². The minimum absolute atomic E-state index is 0.127. The van der Waals surface area contributed by atoms with E-state index in [0.29, 0.717) is 30.4 Å². The highest BCUT2D eigenvalue weighted by atomic mass is 32.1. The molecule has 10 heteroatoms. The molecule has 0 N–H and O–H groups in total. The SMILES string of the molecule is COc1ccc2nc(N(CCCn3ccnc3)C(=O)c3cccc([N+](=O)[O-])c3)sc2c1. The lowest BCUT2D eigenvalue weighted by Crippen LogP contribution is -2.32. The number of nitro benzene ring substituents is 1. The van der Waals surface area contributed by atoms with Gasteiger partial charge in [0.2, 0.25) is 0 Å². The fourth-order valence-corrected chi connectivity index (χ4v) is 4.18. The number of imidazole rings is 1. The second kappa shape index (κ2) is 8.92. The molecule has 4 rings (SSSR count). The van der Waals surface area contributed by atoms with Gasteiger partial charge < -0.3 is 9.30 Å². The molecule has 4 aromatic rings. The number of carbonyl (C=O) groups is 1. The molecule has 0 bridgehead atoms. The standard InChI is InChI=1S/C21H19N5O4S/c1-30-17-6-7-18-19(13-17)31-21(23-18)25(10-3-9-24-11-8-22-14-24)20(27)15-4-2-5-16(12-15)26(28)29/h2,4-8,11-14H,3,9-10H2,1H3. The Hall–Kier alpha value is -3.79. The second-order valence-corrected chi connectivity index (χ2v) is 7.76. The van der Waals surface area contributed by atoms with Crippen LogP contribution in [0, 0.1) is 10.1 Å². The number of fused-ring (bicyclic) bond motifs is 1. The molecule has 158 valence electrons. The number of thiazole rings is 1. The van der Waals surface area contributed by atoms with E-state index < -0.39 is 4.92 Å². The summed E-state index contributed by atoms with van der Waals surface area (Å²) in [5, 5.41) is 11.7. The lowest BCUT2D eigenvalue weighted by Gasteiger charge is -2.20. The summed E-state index contributed by atoms with van der Waals surface area (Å²) in [6, 6.07) is 11.3. The largest absolute Gasteiger partial charge is 0.497 e. The third-order valence-electron chi connectivity index (χ3n) is 4.72. The zero-order valence-corrected chi connectivity index (χ0v) is 17.5. The number of aryl methyl sites for hydroxylation is 1. The Kier molecular flexibility index (Phi) is 5.89. The van der Waals surface area contributed by atoms with Gasteiger partial charge in [-0.3, -0.25) is 19.8 Å².